The van der Waals surface area contributed by atoms with Crippen LogP contribution < -0.4 is 5.32 Å². The van der Waals surface area contributed by atoms with Crippen LogP contribution in [0.25, 0.3) is 0 Å². The first-order chi connectivity index (χ1) is 8.15. The van der Waals surface area contributed by atoms with E-state index >= 15 is 0 Å². The third-order valence-corrected chi connectivity index (χ3v) is 6.10. The maximum atomic E-state index is 6.21. The summed E-state index contributed by atoms with van der Waals surface area (Å²) in [5.74, 6) is 1.52. The van der Waals surface area contributed by atoms with Gasteiger partial charge in [-0.05, 0) is 46.1 Å². The van der Waals surface area contributed by atoms with Crippen LogP contribution in [-0.2, 0) is 6.54 Å². The Labute approximate surface area is 121 Å². The van der Waals surface area contributed by atoms with E-state index in [0.717, 1.165) is 18.3 Å². The normalized spacial score (nSPS) is 29.5. The van der Waals surface area contributed by atoms with Gasteiger partial charge in [0.15, 0.2) is 0 Å². The molecule has 17 heavy (non-hydrogen) atoms. The van der Waals surface area contributed by atoms with Crippen LogP contribution in [0.2, 0.25) is 0 Å². The van der Waals surface area contributed by atoms with Gasteiger partial charge in [-0.1, -0.05) is 19.8 Å². The Morgan fingerprint density at radius 1 is 1.65 bits per heavy atom. The summed E-state index contributed by atoms with van der Waals surface area (Å²) in [7, 11) is 0. The fourth-order valence-electron chi connectivity index (χ4n) is 2.71. The summed E-state index contributed by atoms with van der Waals surface area (Å²) in [6.45, 7) is 3.26. The molecule has 1 saturated carbocycles. The van der Waals surface area contributed by atoms with E-state index in [0.29, 0.717) is 0 Å². The number of halogens is 2. The van der Waals surface area contributed by atoms with E-state index in [1.807, 2.05) is 0 Å². The molecule has 0 bridgehead atoms. The molecule has 1 N–H and O–H groups in total. The van der Waals surface area contributed by atoms with Crippen molar-refractivity contribution in [2.75, 3.05) is 5.88 Å². The molecular formula is C13H19BrClNS. The minimum Gasteiger partial charge on any atom is -0.305 e. The van der Waals surface area contributed by atoms with Crippen LogP contribution in [0.4, 0.5) is 0 Å². The van der Waals surface area contributed by atoms with Crippen molar-refractivity contribution >= 4 is 38.9 Å². The largest absolute Gasteiger partial charge is 0.305 e. The standard InChI is InChI=1S/C13H19BrClNS/c1-10-3-2-5-13(7-10,9-15)16-8-12-11(14)4-6-17-12/h4,6,10,16H,2-3,5,7-9H2,1H3. The van der Waals surface area contributed by atoms with Gasteiger partial charge in [0.1, 0.15) is 0 Å². The van der Waals surface area contributed by atoms with Crippen LogP contribution >= 0.6 is 38.9 Å². The summed E-state index contributed by atoms with van der Waals surface area (Å²) < 4.78 is 1.21. The molecule has 1 nitrogen and oxygen atoms in total. The van der Waals surface area contributed by atoms with Crippen molar-refractivity contribution in [3.8, 4) is 0 Å². The number of nitrogens with one attached hydrogen (secondary N) is 1. The number of thiophene rings is 1. The van der Waals surface area contributed by atoms with Crippen LogP contribution in [0.1, 0.15) is 37.5 Å². The van der Waals surface area contributed by atoms with Crippen molar-refractivity contribution in [2.24, 2.45) is 5.92 Å². The summed E-state index contributed by atoms with van der Waals surface area (Å²) in [6, 6.07) is 2.11. The number of alkyl halides is 1. The fraction of sp³-hybridized carbons (Fsp3) is 0.692. The highest BCUT2D eigenvalue weighted by atomic mass is 79.9. The molecule has 0 radical (unpaired) electrons. The van der Waals surface area contributed by atoms with Crippen molar-refractivity contribution in [3.63, 3.8) is 0 Å². The molecule has 2 atom stereocenters. The lowest BCUT2D eigenvalue weighted by molar-refractivity contribution is 0.208. The van der Waals surface area contributed by atoms with Crippen molar-refractivity contribution in [1.82, 2.24) is 5.32 Å². The van der Waals surface area contributed by atoms with Crippen LogP contribution in [0.15, 0.2) is 15.9 Å². The zero-order chi connectivity index (χ0) is 12.3. The summed E-state index contributed by atoms with van der Waals surface area (Å²) in [5.41, 5.74) is 0.155. The summed E-state index contributed by atoms with van der Waals surface area (Å²) in [4.78, 5) is 1.37. The predicted octanol–water partition coefficient (Wildman–Crippen LogP) is 4.79. The highest BCUT2D eigenvalue weighted by molar-refractivity contribution is 9.10. The Morgan fingerprint density at radius 2 is 2.47 bits per heavy atom. The minimum absolute atomic E-state index is 0.155. The van der Waals surface area contributed by atoms with Crippen molar-refractivity contribution < 1.29 is 0 Å². The third kappa shape index (κ3) is 3.46. The molecule has 4 heteroatoms. The van der Waals surface area contributed by atoms with Crippen molar-refractivity contribution in [3.05, 3.63) is 20.8 Å². The maximum Gasteiger partial charge on any atom is 0.0406 e. The zero-order valence-electron chi connectivity index (χ0n) is 10.1. The lowest BCUT2D eigenvalue weighted by atomic mass is 9.77. The Bertz CT molecular complexity index is 368. The van der Waals surface area contributed by atoms with Crippen LogP contribution in [0.3, 0.4) is 0 Å². The topological polar surface area (TPSA) is 12.0 Å². The Kier molecular flexibility index (Phi) is 4.93. The average Bonchev–Trinajstić information content (AvgIpc) is 2.72. The van der Waals surface area contributed by atoms with Gasteiger partial charge in [-0.15, -0.1) is 22.9 Å². The van der Waals surface area contributed by atoms with E-state index in [1.165, 1.54) is 35.0 Å². The first kappa shape index (κ1) is 13.9. The Balaban J connectivity index is 1.97. The Hall–Kier alpha value is 0.430. The maximum absolute atomic E-state index is 6.21. The third-order valence-electron chi connectivity index (χ3n) is 3.66. The van der Waals surface area contributed by atoms with E-state index in [2.05, 4.69) is 39.6 Å². The van der Waals surface area contributed by atoms with Gasteiger partial charge in [0.05, 0.1) is 0 Å². The molecule has 0 aliphatic heterocycles. The zero-order valence-corrected chi connectivity index (χ0v) is 13.3. The van der Waals surface area contributed by atoms with E-state index in [1.54, 1.807) is 11.3 Å². The predicted molar refractivity (Wildman–Crippen MR) is 79.9 cm³/mol. The number of hydrogen-bond donors (Lipinski definition) is 1. The second-order valence-electron chi connectivity index (χ2n) is 5.16. The monoisotopic (exact) mass is 335 g/mol. The van der Waals surface area contributed by atoms with Gasteiger partial charge in [-0.2, -0.15) is 0 Å². The minimum atomic E-state index is 0.155. The van der Waals surface area contributed by atoms with E-state index in [4.69, 9.17) is 11.6 Å². The molecule has 2 unspecified atom stereocenters. The van der Waals surface area contributed by atoms with Crippen LogP contribution in [0.5, 0.6) is 0 Å². The first-order valence-corrected chi connectivity index (χ1v) is 8.39. The molecule has 1 aliphatic rings. The van der Waals surface area contributed by atoms with E-state index < -0.39 is 0 Å². The summed E-state index contributed by atoms with van der Waals surface area (Å²) in [6.07, 6.45) is 5.07. The van der Waals surface area contributed by atoms with E-state index in [-0.39, 0.29) is 5.54 Å². The highest BCUT2D eigenvalue weighted by Gasteiger charge is 2.33. The average molecular weight is 337 g/mol. The number of hydrogen-bond acceptors (Lipinski definition) is 2. The van der Waals surface area contributed by atoms with Crippen LogP contribution in [0, 0.1) is 5.92 Å². The molecule has 1 aromatic rings. The van der Waals surface area contributed by atoms with Gasteiger partial charge >= 0.3 is 0 Å². The molecule has 1 aliphatic carbocycles. The van der Waals surface area contributed by atoms with Gasteiger partial charge < -0.3 is 5.32 Å². The van der Waals surface area contributed by atoms with Gasteiger partial charge in [-0.3, -0.25) is 0 Å². The van der Waals surface area contributed by atoms with Gasteiger partial charge in [0.2, 0.25) is 0 Å². The molecule has 1 fully saturated rings. The van der Waals surface area contributed by atoms with Gasteiger partial charge in [0.25, 0.3) is 0 Å². The second kappa shape index (κ2) is 6.05. The molecule has 0 spiro atoms. The molecule has 0 saturated heterocycles. The molecule has 0 amide bonds. The lowest BCUT2D eigenvalue weighted by Crippen LogP contribution is -2.49. The smallest absolute Gasteiger partial charge is 0.0406 e. The molecular weight excluding hydrogens is 318 g/mol. The Morgan fingerprint density at radius 3 is 3.06 bits per heavy atom. The fourth-order valence-corrected chi connectivity index (χ4v) is 4.48. The molecule has 0 aromatic carbocycles. The van der Waals surface area contributed by atoms with Crippen LogP contribution in [-0.4, -0.2) is 11.4 Å². The van der Waals surface area contributed by atoms with Gasteiger partial charge in [0, 0.05) is 27.3 Å². The quantitative estimate of drug-likeness (QED) is 0.780. The molecule has 1 heterocycles. The molecule has 96 valence electrons. The summed E-state index contributed by atoms with van der Waals surface area (Å²) in [5, 5.41) is 5.83. The first-order valence-electron chi connectivity index (χ1n) is 6.18. The molecule has 2 rings (SSSR count). The van der Waals surface area contributed by atoms with Crippen molar-refractivity contribution in [2.45, 2.75) is 44.7 Å². The SMILES string of the molecule is CC1CCCC(CCl)(NCc2sccc2Br)C1. The van der Waals surface area contributed by atoms with Gasteiger partial charge in [-0.25, -0.2) is 0 Å². The van der Waals surface area contributed by atoms with Crippen molar-refractivity contribution in [1.29, 1.82) is 0 Å². The summed E-state index contributed by atoms with van der Waals surface area (Å²) >= 11 is 11.6. The molecule has 1 aromatic heterocycles. The highest BCUT2D eigenvalue weighted by Crippen LogP contribution is 2.34. The number of rotatable bonds is 4. The lowest BCUT2D eigenvalue weighted by Gasteiger charge is -2.39. The second-order valence-corrected chi connectivity index (χ2v) is 7.28. The van der Waals surface area contributed by atoms with E-state index in [9.17, 15) is 0 Å².